The first-order valence-electron chi connectivity index (χ1n) is 8.66. The van der Waals surface area contributed by atoms with E-state index in [9.17, 15) is 27.9 Å². The van der Waals surface area contributed by atoms with Crippen molar-refractivity contribution < 1.29 is 32.5 Å². The first kappa shape index (κ1) is 21.0. The van der Waals surface area contributed by atoms with Crippen LogP contribution in [0.2, 0.25) is 0 Å². The highest BCUT2D eigenvalue weighted by atomic mass is 19.4. The number of carbonyl (C=O) groups excluding carboxylic acids is 1. The minimum absolute atomic E-state index is 0.0712. The molecule has 0 saturated carbocycles. The summed E-state index contributed by atoms with van der Waals surface area (Å²) in [5, 5.41) is 11.8. The molecule has 0 unspecified atom stereocenters. The Morgan fingerprint density at radius 1 is 1.31 bits per heavy atom. The van der Waals surface area contributed by atoms with Gasteiger partial charge in [-0.25, -0.2) is 4.79 Å². The molecule has 2 aromatic rings. The van der Waals surface area contributed by atoms with E-state index >= 15 is 0 Å². The summed E-state index contributed by atoms with van der Waals surface area (Å²) in [5.74, 6) is -1.41. The van der Waals surface area contributed by atoms with Gasteiger partial charge in [0.15, 0.2) is 6.23 Å². The van der Waals surface area contributed by atoms with Gasteiger partial charge in [0.1, 0.15) is 11.9 Å². The number of aromatic nitrogens is 2. The van der Waals surface area contributed by atoms with E-state index in [1.807, 2.05) is 0 Å². The second-order valence-corrected chi connectivity index (χ2v) is 6.46. The van der Waals surface area contributed by atoms with Crippen LogP contribution in [0.4, 0.5) is 19.0 Å². The number of carbonyl (C=O) groups is 1. The lowest BCUT2D eigenvalue weighted by molar-refractivity contribution is -0.353. The van der Waals surface area contributed by atoms with Crippen LogP contribution in [0.3, 0.4) is 0 Å². The number of aliphatic hydroxyl groups is 1. The molecule has 0 spiro atoms. The molecule has 4 atom stereocenters. The first-order chi connectivity index (χ1) is 13.7. The number of rotatable bonds is 5. The molecule has 11 heteroatoms. The SMILES string of the molecule is C[C@H]1[C@@H](OC(F)(F)F)[C@H](n2ccc(NC(=O)c3ccccc3)nc2=O)O[C@@H]1CO. The van der Waals surface area contributed by atoms with Gasteiger partial charge in [-0.05, 0) is 18.2 Å². The third-order valence-corrected chi connectivity index (χ3v) is 4.53. The molecular formula is C18H18F3N3O5. The zero-order chi connectivity index (χ0) is 21.2. The van der Waals surface area contributed by atoms with Gasteiger partial charge in [-0.3, -0.25) is 14.1 Å². The highest BCUT2D eigenvalue weighted by molar-refractivity contribution is 6.03. The van der Waals surface area contributed by atoms with Crippen LogP contribution in [-0.2, 0) is 9.47 Å². The molecular weight excluding hydrogens is 395 g/mol. The monoisotopic (exact) mass is 413 g/mol. The normalized spacial score (nSPS) is 24.4. The molecule has 2 heterocycles. The summed E-state index contributed by atoms with van der Waals surface area (Å²) in [6.45, 7) is 0.882. The second-order valence-electron chi connectivity index (χ2n) is 6.46. The Morgan fingerprint density at radius 3 is 2.59 bits per heavy atom. The van der Waals surface area contributed by atoms with Crippen molar-refractivity contribution >= 4 is 11.7 Å². The van der Waals surface area contributed by atoms with Gasteiger partial charge < -0.3 is 15.2 Å². The fraction of sp³-hybridized carbons (Fsp3) is 0.389. The van der Waals surface area contributed by atoms with E-state index in [4.69, 9.17) is 4.74 Å². The van der Waals surface area contributed by atoms with Gasteiger partial charge in [0.25, 0.3) is 5.91 Å². The third-order valence-electron chi connectivity index (χ3n) is 4.53. The van der Waals surface area contributed by atoms with Crippen molar-refractivity contribution in [3.8, 4) is 0 Å². The van der Waals surface area contributed by atoms with E-state index in [1.54, 1.807) is 30.3 Å². The van der Waals surface area contributed by atoms with Gasteiger partial charge in [-0.15, -0.1) is 13.2 Å². The predicted molar refractivity (Wildman–Crippen MR) is 94.0 cm³/mol. The fourth-order valence-electron chi connectivity index (χ4n) is 3.06. The molecule has 0 bridgehead atoms. The van der Waals surface area contributed by atoms with E-state index in [0.29, 0.717) is 5.56 Å². The molecule has 1 aromatic heterocycles. The van der Waals surface area contributed by atoms with Crippen LogP contribution < -0.4 is 11.0 Å². The van der Waals surface area contributed by atoms with Gasteiger partial charge in [-0.2, -0.15) is 4.98 Å². The van der Waals surface area contributed by atoms with Crippen molar-refractivity contribution in [2.45, 2.75) is 31.7 Å². The molecule has 2 N–H and O–H groups in total. The largest absolute Gasteiger partial charge is 0.522 e. The summed E-state index contributed by atoms with van der Waals surface area (Å²) in [7, 11) is 0. The number of hydrogen-bond donors (Lipinski definition) is 2. The Balaban J connectivity index is 1.83. The Morgan fingerprint density at radius 2 is 2.00 bits per heavy atom. The lowest BCUT2D eigenvalue weighted by atomic mass is 10.0. The van der Waals surface area contributed by atoms with E-state index in [0.717, 1.165) is 10.8 Å². The lowest BCUT2D eigenvalue weighted by Gasteiger charge is -2.23. The quantitative estimate of drug-likeness (QED) is 0.777. The Kier molecular flexibility index (Phi) is 6.01. The maximum absolute atomic E-state index is 12.8. The average Bonchev–Trinajstić information content (AvgIpc) is 2.97. The molecule has 0 aliphatic carbocycles. The Hall–Kier alpha value is -2.76. The molecule has 0 radical (unpaired) electrons. The van der Waals surface area contributed by atoms with Crippen LogP contribution in [0.5, 0.6) is 0 Å². The van der Waals surface area contributed by atoms with Gasteiger partial charge >= 0.3 is 12.1 Å². The Bertz CT molecular complexity index is 919. The van der Waals surface area contributed by atoms with Crippen LogP contribution in [-0.4, -0.2) is 45.7 Å². The number of amides is 1. The zero-order valence-corrected chi connectivity index (χ0v) is 15.2. The molecule has 1 fully saturated rings. The minimum Gasteiger partial charge on any atom is -0.394 e. The summed E-state index contributed by atoms with van der Waals surface area (Å²) in [5.41, 5.74) is -0.599. The lowest BCUT2D eigenvalue weighted by Crippen LogP contribution is -2.37. The number of benzene rings is 1. The van der Waals surface area contributed by atoms with Crippen LogP contribution in [0.25, 0.3) is 0 Å². The van der Waals surface area contributed by atoms with Crippen LogP contribution in [0.1, 0.15) is 23.5 Å². The second kappa shape index (κ2) is 8.31. The summed E-state index contributed by atoms with van der Waals surface area (Å²) >= 11 is 0. The smallest absolute Gasteiger partial charge is 0.394 e. The maximum atomic E-state index is 12.8. The van der Waals surface area contributed by atoms with E-state index in [1.165, 1.54) is 13.0 Å². The maximum Gasteiger partial charge on any atom is 0.522 e. The predicted octanol–water partition coefficient (Wildman–Crippen LogP) is 1.93. The number of hydrogen-bond acceptors (Lipinski definition) is 6. The van der Waals surface area contributed by atoms with E-state index in [2.05, 4.69) is 15.0 Å². The molecule has 1 aliphatic heterocycles. The van der Waals surface area contributed by atoms with Crippen molar-refractivity contribution in [1.82, 2.24) is 9.55 Å². The van der Waals surface area contributed by atoms with Gasteiger partial charge in [0, 0.05) is 17.7 Å². The number of nitrogens with zero attached hydrogens (tertiary/aromatic N) is 2. The minimum atomic E-state index is -4.95. The third kappa shape index (κ3) is 4.81. The van der Waals surface area contributed by atoms with Crippen LogP contribution in [0.15, 0.2) is 47.4 Å². The number of halogens is 3. The molecule has 3 rings (SSSR count). The first-order valence-corrected chi connectivity index (χ1v) is 8.66. The molecule has 1 amide bonds. The molecule has 1 aromatic carbocycles. The topological polar surface area (TPSA) is 103 Å². The van der Waals surface area contributed by atoms with Crippen molar-refractivity contribution in [2.75, 3.05) is 11.9 Å². The van der Waals surface area contributed by atoms with Gasteiger partial charge in [0.05, 0.1) is 12.7 Å². The summed E-state index contributed by atoms with van der Waals surface area (Å²) in [4.78, 5) is 28.2. The van der Waals surface area contributed by atoms with Crippen molar-refractivity contribution in [1.29, 1.82) is 0 Å². The molecule has 29 heavy (non-hydrogen) atoms. The molecule has 1 aliphatic rings. The van der Waals surface area contributed by atoms with Crippen molar-refractivity contribution in [3.05, 3.63) is 58.6 Å². The van der Waals surface area contributed by atoms with Crippen LogP contribution >= 0.6 is 0 Å². The van der Waals surface area contributed by atoms with E-state index < -0.39 is 48.9 Å². The summed E-state index contributed by atoms with van der Waals surface area (Å²) < 4.78 is 48.7. The van der Waals surface area contributed by atoms with Crippen molar-refractivity contribution in [2.24, 2.45) is 5.92 Å². The number of nitrogens with one attached hydrogen (secondary N) is 1. The average molecular weight is 413 g/mol. The molecule has 156 valence electrons. The number of aliphatic hydroxyl groups excluding tert-OH is 1. The number of ether oxygens (including phenoxy) is 2. The summed E-state index contributed by atoms with van der Waals surface area (Å²) in [6, 6.07) is 9.45. The number of alkyl halides is 3. The Labute approximate surface area is 162 Å². The highest BCUT2D eigenvalue weighted by Crippen LogP contribution is 2.38. The summed E-state index contributed by atoms with van der Waals surface area (Å²) in [6.07, 6.45) is -7.75. The molecule has 8 nitrogen and oxygen atoms in total. The standard InChI is InChI=1S/C18H18F3N3O5/c1-10-12(9-25)28-16(14(10)29-18(19,20)21)24-8-7-13(23-17(24)27)22-15(26)11-5-3-2-4-6-11/h2-8,10,12,14,16,25H,9H2,1H3,(H,22,23,26,27)/t10-,12-,14-,16-/m1/s1. The van der Waals surface area contributed by atoms with Gasteiger partial charge in [-0.1, -0.05) is 25.1 Å². The highest BCUT2D eigenvalue weighted by Gasteiger charge is 2.49. The molecule has 1 saturated heterocycles. The van der Waals surface area contributed by atoms with Gasteiger partial charge in [0.2, 0.25) is 0 Å². The number of anilines is 1. The zero-order valence-electron chi connectivity index (χ0n) is 15.2. The van der Waals surface area contributed by atoms with Crippen LogP contribution in [0, 0.1) is 5.92 Å². The fourth-order valence-corrected chi connectivity index (χ4v) is 3.06. The van der Waals surface area contributed by atoms with E-state index in [-0.39, 0.29) is 5.82 Å². The van der Waals surface area contributed by atoms with Crippen molar-refractivity contribution in [3.63, 3.8) is 0 Å².